The van der Waals surface area contributed by atoms with Gasteiger partial charge in [-0.3, -0.25) is 4.98 Å². The van der Waals surface area contributed by atoms with Crippen LogP contribution < -0.4 is 0 Å². The van der Waals surface area contributed by atoms with Crippen LogP contribution in [-0.4, -0.2) is 45.6 Å². The molecule has 4 heteroatoms. The third-order valence-corrected chi connectivity index (χ3v) is 0.908. The number of carboxylic acids is 1. The van der Waals surface area contributed by atoms with Crippen molar-refractivity contribution in [3.8, 4) is 0 Å². The Balaban J connectivity index is 0.000000810. The van der Waals surface area contributed by atoms with E-state index < -0.39 is 5.97 Å². The van der Waals surface area contributed by atoms with Gasteiger partial charge in [0.1, 0.15) is 0 Å². The van der Waals surface area contributed by atoms with Crippen LogP contribution in [0.1, 0.15) is 10.4 Å². The van der Waals surface area contributed by atoms with Crippen LogP contribution in [0.3, 0.4) is 0 Å². The molecule has 0 saturated heterocycles. The van der Waals surface area contributed by atoms with Gasteiger partial charge in [0.2, 0.25) is 0 Å². The SMILES string of the molecule is O=C(O)c1cccnc1.[Na]. The van der Waals surface area contributed by atoms with E-state index in [1.165, 1.54) is 18.5 Å². The van der Waals surface area contributed by atoms with Crippen LogP contribution in [0.15, 0.2) is 24.5 Å². The van der Waals surface area contributed by atoms with Crippen LogP contribution in [-0.2, 0) is 0 Å². The van der Waals surface area contributed by atoms with Crippen molar-refractivity contribution in [1.29, 1.82) is 0 Å². The zero-order valence-corrected chi connectivity index (χ0v) is 7.61. The van der Waals surface area contributed by atoms with Crippen molar-refractivity contribution in [2.45, 2.75) is 0 Å². The summed E-state index contributed by atoms with van der Waals surface area (Å²) >= 11 is 0. The Kier molecular flexibility index (Phi) is 4.27. The van der Waals surface area contributed by atoms with Crippen LogP contribution in [0.5, 0.6) is 0 Å². The van der Waals surface area contributed by atoms with Crippen LogP contribution in [0.2, 0.25) is 0 Å². The summed E-state index contributed by atoms with van der Waals surface area (Å²) < 4.78 is 0. The minimum Gasteiger partial charge on any atom is -0.478 e. The summed E-state index contributed by atoms with van der Waals surface area (Å²) in [6.07, 6.45) is 2.84. The van der Waals surface area contributed by atoms with E-state index in [4.69, 9.17) is 5.11 Å². The van der Waals surface area contributed by atoms with Crippen LogP contribution >= 0.6 is 0 Å². The van der Waals surface area contributed by atoms with Gasteiger partial charge in [-0.25, -0.2) is 4.79 Å². The largest absolute Gasteiger partial charge is 0.478 e. The molecule has 0 fully saturated rings. The Hall–Kier alpha value is -0.380. The van der Waals surface area contributed by atoms with Gasteiger partial charge in [0, 0.05) is 42.0 Å². The second kappa shape index (κ2) is 4.44. The quantitative estimate of drug-likeness (QED) is 0.583. The molecule has 0 aromatic carbocycles. The van der Waals surface area contributed by atoms with Crippen molar-refractivity contribution in [2.75, 3.05) is 0 Å². The van der Waals surface area contributed by atoms with Crippen LogP contribution in [0.25, 0.3) is 0 Å². The number of pyridine rings is 1. The summed E-state index contributed by atoms with van der Waals surface area (Å²) in [5, 5.41) is 8.34. The minimum absolute atomic E-state index is 0. The Labute approximate surface area is 80.4 Å². The zero-order chi connectivity index (χ0) is 6.69. The number of aromatic carboxylic acids is 1. The molecule has 1 aromatic rings. The van der Waals surface area contributed by atoms with E-state index in [0.717, 1.165) is 0 Å². The summed E-state index contributed by atoms with van der Waals surface area (Å²) in [4.78, 5) is 13.8. The molecule has 1 N–H and O–H groups in total. The Morgan fingerprint density at radius 2 is 2.30 bits per heavy atom. The molecule has 1 rings (SSSR count). The molecular weight excluding hydrogens is 141 g/mol. The first-order valence-electron chi connectivity index (χ1n) is 2.44. The van der Waals surface area contributed by atoms with Crippen LogP contribution in [0.4, 0.5) is 0 Å². The van der Waals surface area contributed by atoms with Gasteiger partial charge in [-0.05, 0) is 12.1 Å². The summed E-state index contributed by atoms with van der Waals surface area (Å²) in [5.74, 6) is -0.942. The number of carbonyl (C=O) groups is 1. The first-order chi connectivity index (χ1) is 4.30. The normalized spacial score (nSPS) is 8.00. The van der Waals surface area contributed by atoms with Crippen LogP contribution in [0, 0.1) is 0 Å². The molecule has 1 heterocycles. The molecule has 0 atom stereocenters. The Morgan fingerprint density at radius 3 is 2.60 bits per heavy atom. The molecular formula is C6H5NNaO2. The van der Waals surface area contributed by atoms with Crippen molar-refractivity contribution in [2.24, 2.45) is 0 Å². The van der Waals surface area contributed by atoms with E-state index in [2.05, 4.69) is 4.98 Å². The molecule has 0 aliphatic heterocycles. The van der Waals surface area contributed by atoms with Gasteiger partial charge in [0.05, 0.1) is 5.56 Å². The molecule has 0 amide bonds. The van der Waals surface area contributed by atoms with Gasteiger partial charge >= 0.3 is 5.97 Å². The molecule has 0 saturated carbocycles. The third kappa shape index (κ3) is 2.47. The molecule has 47 valence electrons. The minimum atomic E-state index is -0.942. The second-order valence-corrected chi connectivity index (χ2v) is 1.55. The monoisotopic (exact) mass is 146 g/mol. The predicted octanol–water partition coefficient (Wildman–Crippen LogP) is 0.399. The van der Waals surface area contributed by atoms with E-state index in [1.54, 1.807) is 6.07 Å². The number of carboxylic acid groups (broad SMARTS) is 1. The maximum Gasteiger partial charge on any atom is 0.337 e. The fourth-order valence-electron chi connectivity index (χ4n) is 0.489. The van der Waals surface area contributed by atoms with Crippen molar-refractivity contribution in [3.63, 3.8) is 0 Å². The van der Waals surface area contributed by atoms with Gasteiger partial charge in [0.25, 0.3) is 0 Å². The first kappa shape index (κ1) is 9.62. The molecule has 0 aliphatic carbocycles. The summed E-state index contributed by atoms with van der Waals surface area (Å²) in [5.41, 5.74) is 0.220. The summed E-state index contributed by atoms with van der Waals surface area (Å²) in [6, 6.07) is 3.08. The van der Waals surface area contributed by atoms with Gasteiger partial charge < -0.3 is 5.11 Å². The number of nitrogens with zero attached hydrogens (tertiary/aromatic N) is 1. The van der Waals surface area contributed by atoms with Crippen molar-refractivity contribution < 1.29 is 9.90 Å². The van der Waals surface area contributed by atoms with Crippen molar-refractivity contribution in [1.82, 2.24) is 4.98 Å². The predicted molar refractivity (Wildman–Crippen MR) is 37.0 cm³/mol. The fourth-order valence-corrected chi connectivity index (χ4v) is 0.489. The maximum atomic E-state index is 10.2. The van der Waals surface area contributed by atoms with E-state index in [1.807, 2.05) is 0 Å². The average molecular weight is 146 g/mol. The van der Waals surface area contributed by atoms with Gasteiger partial charge in [-0.15, -0.1) is 0 Å². The number of aromatic nitrogens is 1. The van der Waals surface area contributed by atoms with Gasteiger partial charge in [-0.1, -0.05) is 0 Å². The van der Waals surface area contributed by atoms with E-state index in [-0.39, 0.29) is 35.1 Å². The average Bonchev–Trinajstić information content (AvgIpc) is 1.90. The second-order valence-electron chi connectivity index (χ2n) is 1.55. The molecule has 0 bridgehead atoms. The first-order valence-corrected chi connectivity index (χ1v) is 2.44. The Morgan fingerprint density at radius 1 is 1.60 bits per heavy atom. The topological polar surface area (TPSA) is 50.2 Å². The molecule has 0 spiro atoms. The number of rotatable bonds is 1. The van der Waals surface area contributed by atoms with Crippen molar-refractivity contribution >= 4 is 35.5 Å². The summed E-state index contributed by atoms with van der Waals surface area (Å²) in [6.45, 7) is 0. The van der Waals surface area contributed by atoms with E-state index in [0.29, 0.717) is 0 Å². The van der Waals surface area contributed by atoms with Crippen molar-refractivity contribution in [3.05, 3.63) is 30.1 Å². The maximum absolute atomic E-state index is 10.2. The molecule has 0 unspecified atom stereocenters. The zero-order valence-electron chi connectivity index (χ0n) is 5.61. The van der Waals surface area contributed by atoms with Gasteiger partial charge in [-0.2, -0.15) is 0 Å². The Bertz CT molecular complexity index is 212. The van der Waals surface area contributed by atoms with E-state index >= 15 is 0 Å². The summed E-state index contributed by atoms with van der Waals surface area (Å²) in [7, 11) is 0. The molecule has 0 aliphatic rings. The molecule has 3 nitrogen and oxygen atoms in total. The number of hydrogen-bond acceptors (Lipinski definition) is 2. The van der Waals surface area contributed by atoms with Gasteiger partial charge in [0.15, 0.2) is 0 Å². The smallest absolute Gasteiger partial charge is 0.337 e. The standard InChI is InChI=1S/C6H5NO2.Na/c8-6(9)5-2-1-3-7-4-5;/h1-4H,(H,8,9);. The molecule has 10 heavy (non-hydrogen) atoms. The number of hydrogen-bond donors (Lipinski definition) is 1. The molecule has 1 aromatic heterocycles. The van der Waals surface area contributed by atoms with E-state index in [9.17, 15) is 4.79 Å². The molecule has 1 radical (unpaired) electrons. The third-order valence-electron chi connectivity index (χ3n) is 0.908. The fraction of sp³-hybridized carbons (Fsp3) is 0.